The molecule has 0 aromatic heterocycles. The summed E-state index contributed by atoms with van der Waals surface area (Å²) in [7, 11) is -0.664. The number of ether oxygens (including phenoxy) is 4. The predicted molar refractivity (Wildman–Crippen MR) is 105 cm³/mol. The van der Waals surface area contributed by atoms with Crippen molar-refractivity contribution in [2.24, 2.45) is 0 Å². The predicted octanol–water partition coefficient (Wildman–Crippen LogP) is 2.08. The van der Waals surface area contributed by atoms with Crippen molar-refractivity contribution in [3.63, 3.8) is 0 Å². The number of hydrogen-bond donors (Lipinski definition) is 0. The van der Waals surface area contributed by atoms with E-state index in [2.05, 4.69) is 0 Å². The van der Waals surface area contributed by atoms with Crippen LogP contribution in [-0.4, -0.2) is 59.2 Å². The lowest BCUT2D eigenvalue weighted by molar-refractivity contribution is 0.0468. The second-order valence-electron chi connectivity index (χ2n) is 6.31. The third kappa shape index (κ3) is 4.87. The van der Waals surface area contributed by atoms with E-state index in [1.54, 1.807) is 24.3 Å². The van der Waals surface area contributed by atoms with Crippen molar-refractivity contribution in [2.45, 2.75) is 11.5 Å². The minimum atomic E-state index is -3.62. The van der Waals surface area contributed by atoms with Crippen molar-refractivity contribution in [1.82, 2.24) is 4.31 Å². The Bertz CT molecular complexity index is 969. The van der Waals surface area contributed by atoms with Gasteiger partial charge in [-0.1, -0.05) is 12.1 Å². The van der Waals surface area contributed by atoms with Crippen LogP contribution in [0.5, 0.6) is 11.5 Å². The van der Waals surface area contributed by atoms with E-state index >= 15 is 0 Å². The van der Waals surface area contributed by atoms with Crippen molar-refractivity contribution in [3.05, 3.63) is 53.6 Å². The Labute approximate surface area is 170 Å². The van der Waals surface area contributed by atoms with Gasteiger partial charge in [-0.2, -0.15) is 4.31 Å². The van der Waals surface area contributed by atoms with Crippen LogP contribution in [-0.2, 0) is 26.1 Å². The zero-order chi connectivity index (χ0) is 20.9. The molecule has 0 aliphatic carbocycles. The molecule has 1 saturated heterocycles. The van der Waals surface area contributed by atoms with Crippen LogP contribution in [0.2, 0.25) is 0 Å². The first-order valence-electron chi connectivity index (χ1n) is 9.01. The Morgan fingerprint density at radius 2 is 1.83 bits per heavy atom. The van der Waals surface area contributed by atoms with E-state index in [0.717, 1.165) is 0 Å². The Kier molecular flexibility index (Phi) is 6.73. The molecule has 0 bridgehead atoms. The highest BCUT2D eigenvalue weighted by atomic mass is 32.2. The second-order valence-corrected chi connectivity index (χ2v) is 8.24. The number of esters is 1. The molecule has 2 aromatic carbocycles. The summed E-state index contributed by atoms with van der Waals surface area (Å²) < 4.78 is 47.9. The Morgan fingerprint density at radius 1 is 1.07 bits per heavy atom. The van der Waals surface area contributed by atoms with Crippen LogP contribution in [0, 0.1) is 0 Å². The lowest BCUT2D eigenvalue weighted by Crippen LogP contribution is -2.40. The molecule has 0 N–H and O–H groups in total. The smallest absolute Gasteiger partial charge is 0.342 e. The zero-order valence-corrected chi connectivity index (χ0v) is 17.1. The highest BCUT2D eigenvalue weighted by Gasteiger charge is 2.26. The van der Waals surface area contributed by atoms with Gasteiger partial charge in [0.1, 0.15) is 23.7 Å². The van der Waals surface area contributed by atoms with Crippen molar-refractivity contribution in [3.8, 4) is 11.5 Å². The molecule has 0 amide bonds. The highest BCUT2D eigenvalue weighted by Crippen LogP contribution is 2.25. The average molecular weight is 421 g/mol. The van der Waals surface area contributed by atoms with Crippen LogP contribution < -0.4 is 9.47 Å². The van der Waals surface area contributed by atoms with E-state index in [4.69, 9.17) is 18.9 Å². The number of sulfonamides is 1. The normalized spacial score (nSPS) is 15.0. The molecule has 0 atom stereocenters. The Morgan fingerprint density at radius 3 is 2.52 bits per heavy atom. The van der Waals surface area contributed by atoms with Crippen molar-refractivity contribution >= 4 is 16.0 Å². The molecule has 0 saturated carbocycles. The highest BCUT2D eigenvalue weighted by molar-refractivity contribution is 7.89. The van der Waals surface area contributed by atoms with Gasteiger partial charge in [0.25, 0.3) is 0 Å². The van der Waals surface area contributed by atoms with Gasteiger partial charge in [-0.05, 0) is 35.9 Å². The molecule has 3 rings (SSSR count). The molecular weight excluding hydrogens is 398 g/mol. The number of carbonyl (C=O) groups excluding carboxylic acids is 1. The monoisotopic (exact) mass is 421 g/mol. The molecule has 0 radical (unpaired) electrons. The number of methoxy groups -OCH3 is 2. The molecule has 156 valence electrons. The summed E-state index contributed by atoms with van der Waals surface area (Å²) in [6.07, 6.45) is 0. The first-order chi connectivity index (χ1) is 14.0. The molecule has 1 heterocycles. The molecule has 1 fully saturated rings. The molecule has 1 aliphatic heterocycles. The largest absolute Gasteiger partial charge is 0.497 e. The number of rotatable bonds is 7. The third-order valence-corrected chi connectivity index (χ3v) is 6.40. The number of benzene rings is 2. The number of morpholine rings is 1. The molecule has 0 spiro atoms. The summed E-state index contributed by atoms with van der Waals surface area (Å²) in [5.41, 5.74) is 0.790. The summed E-state index contributed by atoms with van der Waals surface area (Å²) >= 11 is 0. The minimum Gasteiger partial charge on any atom is -0.497 e. The summed E-state index contributed by atoms with van der Waals surface area (Å²) in [6, 6.07) is 11.2. The SMILES string of the molecule is COc1ccc(OC)c(C(=O)OCc2cccc(S(=O)(=O)N3CCOCC3)c2)c1. The summed E-state index contributed by atoms with van der Waals surface area (Å²) in [5, 5.41) is 0. The van der Waals surface area contributed by atoms with E-state index in [1.165, 1.54) is 36.7 Å². The van der Waals surface area contributed by atoms with E-state index < -0.39 is 16.0 Å². The van der Waals surface area contributed by atoms with Crippen LogP contribution in [0.3, 0.4) is 0 Å². The lowest BCUT2D eigenvalue weighted by Gasteiger charge is -2.26. The fourth-order valence-corrected chi connectivity index (χ4v) is 4.41. The molecule has 0 unspecified atom stereocenters. The van der Waals surface area contributed by atoms with Gasteiger partial charge < -0.3 is 18.9 Å². The second kappa shape index (κ2) is 9.25. The fourth-order valence-electron chi connectivity index (χ4n) is 2.93. The van der Waals surface area contributed by atoms with Gasteiger partial charge in [-0.25, -0.2) is 13.2 Å². The number of nitrogens with zero attached hydrogens (tertiary/aromatic N) is 1. The maximum Gasteiger partial charge on any atom is 0.342 e. The fraction of sp³-hybridized carbons (Fsp3) is 0.350. The van der Waals surface area contributed by atoms with Gasteiger partial charge in [-0.3, -0.25) is 0 Å². The average Bonchev–Trinajstić information content (AvgIpc) is 2.77. The molecule has 8 nitrogen and oxygen atoms in total. The van der Waals surface area contributed by atoms with Crippen molar-refractivity contribution in [1.29, 1.82) is 0 Å². The quantitative estimate of drug-likeness (QED) is 0.632. The minimum absolute atomic E-state index is 0.0777. The number of carbonyl (C=O) groups is 1. The van der Waals surface area contributed by atoms with Gasteiger partial charge in [0.05, 0.1) is 32.3 Å². The van der Waals surface area contributed by atoms with Gasteiger partial charge in [0.2, 0.25) is 10.0 Å². The van der Waals surface area contributed by atoms with E-state index in [1.807, 2.05) is 0 Å². The molecular formula is C20H23NO7S. The van der Waals surface area contributed by atoms with Crippen molar-refractivity contribution in [2.75, 3.05) is 40.5 Å². The van der Waals surface area contributed by atoms with Gasteiger partial charge in [0, 0.05) is 13.1 Å². The van der Waals surface area contributed by atoms with Gasteiger partial charge in [0.15, 0.2) is 0 Å². The van der Waals surface area contributed by atoms with Crippen LogP contribution in [0.25, 0.3) is 0 Å². The standard InChI is InChI=1S/C20H23NO7S/c1-25-16-6-7-19(26-2)18(13-16)20(22)28-14-15-4-3-5-17(12-15)29(23,24)21-8-10-27-11-9-21/h3-7,12-13H,8-11,14H2,1-2H3. The molecule has 1 aliphatic rings. The third-order valence-electron chi connectivity index (χ3n) is 4.50. The number of hydrogen-bond acceptors (Lipinski definition) is 7. The van der Waals surface area contributed by atoms with E-state index in [-0.39, 0.29) is 17.1 Å². The van der Waals surface area contributed by atoms with Crippen LogP contribution >= 0.6 is 0 Å². The first kappa shape index (κ1) is 21.1. The molecule has 9 heteroatoms. The van der Waals surface area contributed by atoms with Gasteiger partial charge in [-0.15, -0.1) is 0 Å². The lowest BCUT2D eigenvalue weighted by atomic mass is 10.2. The van der Waals surface area contributed by atoms with Crippen LogP contribution in [0.15, 0.2) is 47.4 Å². The molecule has 29 heavy (non-hydrogen) atoms. The Balaban J connectivity index is 1.73. The Hall–Kier alpha value is -2.62. The summed E-state index contributed by atoms with van der Waals surface area (Å²) in [6.45, 7) is 1.30. The maximum atomic E-state index is 12.8. The summed E-state index contributed by atoms with van der Waals surface area (Å²) in [4.78, 5) is 12.7. The summed E-state index contributed by atoms with van der Waals surface area (Å²) in [5.74, 6) is 0.262. The van der Waals surface area contributed by atoms with Crippen molar-refractivity contribution < 1.29 is 32.2 Å². The van der Waals surface area contributed by atoms with E-state index in [0.29, 0.717) is 43.4 Å². The first-order valence-corrected chi connectivity index (χ1v) is 10.5. The van der Waals surface area contributed by atoms with Crippen LogP contribution in [0.1, 0.15) is 15.9 Å². The molecule has 2 aromatic rings. The maximum absolute atomic E-state index is 12.8. The van der Waals surface area contributed by atoms with E-state index in [9.17, 15) is 13.2 Å². The van der Waals surface area contributed by atoms with Crippen LogP contribution in [0.4, 0.5) is 0 Å². The topological polar surface area (TPSA) is 91.4 Å². The van der Waals surface area contributed by atoms with Gasteiger partial charge >= 0.3 is 5.97 Å². The zero-order valence-electron chi connectivity index (χ0n) is 16.3.